The van der Waals surface area contributed by atoms with Crippen LogP contribution < -0.4 is 9.80 Å². The van der Waals surface area contributed by atoms with Crippen LogP contribution >= 0.6 is 11.6 Å². The predicted octanol–water partition coefficient (Wildman–Crippen LogP) is 4.04. The van der Waals surface area contributed by atoms with Gasteiger partial charge in [-0.05, 0) is 54.8 Å². The quantitative estimate of drug-likeness (QED) is 0.831. The second kappa shape index (κ2) is 7.06. The third kappa shape index (κ3) is 3.37. The maximum absolute atomic E-state index is 12.0. The van der Waals surface area contributed by atoms with E-state index in [1.807, 2.05) is 12.1 Å². The van der Waals surface area contributed by atoms with Crippen LogP contribution in [-0.2, 0) is 9.53 Å². The van der Waals surface area contributed by atoms with Gasteiger partial charge in [0.2, 0.25) is 0 Å². The molecule has 2 fully saturated rings. The standard InChI is InChI=1S/C20H21ClN2O2/c21-16-5-9-17(10-6-16)22-11-1-2-19(22)15-3-7-18(8-4-15)23-12-13-25-14-20(23)24/h3-10,19H,1-2,11-14H2/t19-/m1/s1. The molecule has 2 saturated heterocycles. The minimum atomic E-state index is 0.0302. The Balaban J connectivity index is 1.54. The topological polar surface area (TPSA) is 32.8 Å². The van der Waals surface area contributed by atoms with Gasteiger partial charge in [-0.15, -0.1) is 0 Å². The number of hydrogen-bond acceptors (Lipinski definition) is 3. The van der Waals surface area contributed by atoms with Gasteiger partial charge in [-0.25, -0.2) is 0 Å². The second-order valence-electron chi connectivity index (χ2n) is 6.52. The number of anilines is 2. The Morgan fingerprint density at radius 3 is 2.40 bits per heavy atom. The molecular formula is C20H21ClN2O2. The van der Waals surface area contributed by atoms with E-state index in [1.54, 1.807) is 4.90 Å². The molecule has 2 aromatic rings. The third-order valence-electron chi connectivity index (χ3n) is 4.99. The summed E-state index contributed by atoms with van der Waals surface area (Å²) in [5.74, 6) is 0.0302. The largest absolute Gasteiger partial charge is 0.370 e. The number of morpholine rings is 1. The molecule has 4 rings (SSSR count). The van der Waals surface area contributed by atoms with Crippen molar-refractivity contribution < 1.29 is 9.53 Å². The lowest BCUT2D eigenvalue weighted by Crippen LogP contribution is -2.41. The normalized spacial score (nSPS) is 21.0. The first-order valence-corrected chi connectivity index (χ1v) is 9.10. The summed E-state index contributed by atoms with van der Waals surface area (Å²) in [5.41, 5.74) is 3.45. The van der Waals surface area contributed by atoms with Crippen LogP contribution in [0.15, 0.2) is 48.5 Å². The molecule has 4 nitrogen and oxygen atoms in total. The fraction of sp³-hybridized carbons (Fsp3) is 0.350. The average Bonchev–Trinajstić information content (AvgIpc) is 3.13. The zero-order valence-corrected chi connectivity index (χ0v) is 14.8. The highest BCUT2D eigenvalue weighted by Crippen LogP contribution is 2.37. The molecule has 0 aliphatic carbocycles. The van der Waals surface area contributed by atoms with Gasteiger partial charge in [0.15, 0.2) is 0 Å². The van der Waals surface area contributed by atoms with Crippen molar-refractivity contribution in [2.45, 2.75) is 18.9 Å². The van der Waals surface area contributed by atoms with Gasteiger partial charge in [-0.1, -0.05) is 23.7 Å². The molecule has 0 aromatic heterocycles. The number of halogens is 1. The van der Waals surface area contributed by atoms with Crippen molar-refractivity contribution in [3.63, 3.8) is 0 Å². The van der Waals surface area contributed by atoms with Crippen LogP contribution in [0.1, 0.15) is 24.4 Å². The Morgan fingerprint density at radius 1 is 0.960 bits per heavy atom. The maximum Gasteiger partial charge on any atom is 0.253 e. The van der Waals surface area contributed by atoms with Gasteiger partial charge in [0.1, 0.15) is 6.61 Å². The first kappa shape index (κ1) is 16.4. The molecule has 25 heavy (non-hydrogen) atoms. The van der Waals surface area contributed by atoms with Gasteiger partial charge >= 0.3 is 0 Å². The summed E-state index contributed by atoms with van der Waals surface area (Å²) in [7, 11) is 0. The van der Waals surface area contributed by atoms with Crippen molar-refractivity contribution >= 4 is 28.9 Å². The molecule has 0 radical (unpaired) electrons. The van der Waals surface area contributed by atoms with E-state index < -0.39 is 0 Å². The van der Waals surface area contributed by atoms with E-state index >= 15 is 0 Å². The molecule has 0 unspecified atom stereocenters. The van der Waals surface area contributed by atoms with Crippen molar-refractivity contribution in [2.24, 2.45) is 0 Å². The SMILES string of the molecule is O=C1COCCN1c1ccc([C@H]2CCCN2c2ccc(Cl)cc2)cc1. The molecule has 0 spiro atoms. The Kier molecular flexibility index (Phi) is 4.64. The molecule has 0 saturated carbocycles. The van der Waals surface area contributed by atoms with Gasteiger partial charge < -0.3 is 14.5 Å². The maximum atomic E-state index is 12.0. The first-order valence-electron chi connectivity index (χ1n) is 8.73. The highest BCUT2D eigenvalue weighted by atomic mass is 35.5. The smallest absolute Gasteiger partial charge is 0.253 e. The van der Waals surface area contributed by atoms with Gasteiger partial charge in [0, 0.05) is 29.5 Å². The molecular weight excluding hydrogens is 336 g/mol. The van der Waals surface area contributed by atoms with E-state index in [9.17, 15) is 4.79 Å². The lowest BCUT2D eigenvalue weighted by atomic mass is 10.0. The molecule has 130 valence electrons. The number of amides is 1. The Morgan fingerprint density at radius 2 is 1.68 bits per heavy atom. The summed E-state index contributed by atoms with van der Waals surface area (Å²) in [6.07, 6.45) is 2.31. The van der Waals surface area contributed by atoms with Crippen LogP contribution in [0.4, 0.5) is 11.4 Å². The number of ether oxygens (including phenoxy) is 1. The van der Waals surface area contributed by atoms with Crippen LogP contribution in [0.25, 0.3) is 0 Å². The van der Waals surface area contributed by atoms with E-state index in [0.29, 0.717) is 19.2 Å². The van der Waals surface area contributed by atoms with Crippen molar-refractivity contribution in [1.82, 2.24) is 0 Å². The molecule has 0 bridgehead atoms. The summed E-state index contributed by atoms with van der Waals surface area (Å²) in [6, 6.07) is 16.8. The number of carbonyl (C=O) groups is 1. The summed E-state index contributed by atoms with van der Waals surface area (Å²) in [5, 5.41) is 0.763. The number of rotatable bonds is 3. The molecule has 2 heterocycles. The van der Waals surface area contributed by atoms with E-state index in [-0.39, 0.29) is 12.5 Å². The number of hydrogen-bond donors (Lipinski definition) is 0. The zero-order chi connectivity index (χ0) is 17.2. The monoisotopic (exact) mass is 356 g/mol. The summed E-state index contributed by atoms with van der Waals surface area (Å²) < 4.78 is 5.20. The average molecular weight is 357 g/mol. The lowest BCUT2D eigenvalue weighted by molar-refractivity contribution is -0.125. The fourth-order valence-electron chi connectivity index (χ4n) is 3.72. The van der Waals surface area contributed by atoms with E-state index in [2.05, 4.69) is 41.3 Å². The summed E-state index contributed by atoms with van der Waals surface area (Å²) >= 11 is 6.02. The zero-order valence-electron chi connectivity index (χ0n) is 14.0. The van der Waals surface area contributed by atoms with Crippen LogP contribution in [0.2, 0.25) is 5.02 Å². The van der Waals surface area contributed by atoms with Crippen molar-refractivity contribution in [2.75, 3.05) is 36.1 Å². The van der Waals surface area contributed by atoms with Crippen LogP contribution in [-0.4, -0.2) is 32.2 Å². The molecule has 0 N–H and O–H groups in total. The molecule has 2 aromatic carbocycles. The number of benzene rings is 2. The van der Waals surface area contributed by atoms with E-state index in [0.717, 1.165) is 23.7 Å². The Bertz CT molecular complexity index is 745. The molecule has 2 aliphatic heterocycles. The fourth-order valence-corrected chi connectivity index (χ4v) is 3.85. The first-order chi connectivity index (χ1) is 12.2. The molecule has 1 atom stereocenters. The van der Waals surface area contributed by atoms with Crippen molar-refractivity contribution in [3.05, 3.63) is 59.1 Å². The Hall–Kier alpha value is -2.04. The van der Waals surface area contributed by atoms with Crippen molar-refractivity contribution in [1.29, 1.82) is 0 Å². The number of nitrogens with zero attached hydrogens (tertiary/aromatic N) is 2. The Labute approximate surface area is 152 Å². The highest BCUT2D eigenvalue weighted by Gasteiger charge is 2.27. The summed E-state index contributed by atoms with van der Waals surface area (Å²) in [4.78, 5) is 16.2. The second-order valence-corrected chi connectivity index (χ2v) is 6.95. The van der Waals surface area contributed by atoms with Crippen molar-refractivity contribution in [3.8, 4) is 0 Å². The van der Waals surface area contributed by atoms with Gasteiger partial charge in [0.25, 0.3) is 5.91 Å². The minimum Gasteiger partial charge on any atom is -0.370 e. The highest BCUT2D eigenvalue weighted by molar-refractivity contribution is 6.30. The summed E-state index contributed by atoms with van der Waals surface area (Å²) in [6.45, 7) is 2.45. The third-order valence-corrected chi connectivity index (χ3v) is 5.24. The van der Waals surface area contributed by atoms with Crippen LogP contribution in [0, 0.1) is 0 Å². The van der Waals surface area contributed by atoms with Gasteiger partial charge in [-0.3, -0.25) is 4.79 Å². The van der Waals surface area contributed by atoms with Crippen LogP contribution in [0.3, 0.4) is 0 Å². The molecule has 1 amide bonds. The van der Waals surface area contributed by atoms with Gasteiger partial charge in [0.05, 0.1) is 12.6 Å². The van der Waals surface area contributed by atoms with E-state index in [1.165, 1.54) is 17.7 Å². The van der Waals surface area contributed by atoms with Gasteiger partial charge in [-0.2, -0.15) is 0 Å². The minimum absolute atomic E-state index is 0.0302. The van der Waals surface area contributed by atoms with Crippen LogP contribution in [0.5, 0.6) is 0 Å². The molecule has 2 aliphatic rings. The number of carbonyl (C=O) groups excluding carboxylic acids is 1. The predicted molar refractivity (Wildman–Crippen MR) is 100 cm³/mol. The van der Waals surface area contributed by atoms with E-state index in [4.69, 9.17) is 16.3 Å². The molecule has 5 heteroatoms. The lowest BCUT2D eigenvalue weighted by Gasteiger charge is -2.29.